The van der Waals surface area contributed by atoms with Gasteiger partial charge in [-0.3, -0.25) is 25.0 Å². The molecular weight excluding hydrogens is 262 g/mol. The van der Waals surface area contributed by atoms with Gasteiger partial charge in [-0.1, -0.05) is 0 Å². The second-order valence-corrected chi connectivity index (χ2v) is 3.90. The molecule has 102 valence electrons. The molecule has 0 aromatic rings. The van der Waals surface area contributed by atoms with E-state index in [1.54, 1.807) is 0 Å². The predicted molar refractivity (Wildman–Crippen MR) is 58.9 cm³/mol. The van der Waals surface area contributed by atoms with E-state index in [0.717, 1.165) is 6.92 Å². The minimum Gasteiger partial charge on any atom is -0.478 e. The Morgan fingerprint density at radius 1 is 1.42 bits per heavy atom. The van der Waals surface area contributed by atoms with Crippen molar-refractivity contribution in [1.29, 1.82) is 0 Å². The van der Waals surface area contributed by atoms with Gasteiger partial charge >= 0.3 is 17.4 Å². The normalized spacial score (nSPS) is 26.1. The number of rotatable bonds is 4. The van der Waals surface area contributed by atoms with E-state index in [-0.39, 0.29) is 0 Å². The lowest BCUT2D eigenvalue weighted by Gasteiger charge is -2.26. The van der Waals surface area contributed by atoms with Crippen LogP contribution in [0.15, 0.2) is 23.4 Å². The zero-order chi connectivity index (χ0) is 15.0. The first-order valence-electron chi connectivity index (χ1n) is 4.91. The molecule has 0 fully saturated rings. The third-order valence-electron chi connectivity index (χ3n) is 2.94. The summed E-state index contributed by atoms with van der Waals surface area (Å²) in [7, 11) is 0. The molecule has 0 saturated heterocycles. The molecule has 2 atom stereocenters. The molecule has 0 aromatic carbocycles. The van der Waals surface area contributed by atoms with Crippen molar-refractivity contribution >= 4 is 11.9 Å². The van der Waals surface area contributed by atoms with Crippen LogP contribution in [-0.2, 0) is 9.59 Å². The van der Waals surface area contributed by atoms with Crippen LogP contribution in [0, 0.1) is 26.1 Å². The maximum Gasteiger partial charge on any atom is 0.335 e. The van der Waals surface area contributed by atoms with Crippen LogP contribution in [0.1, 0.15) is 6.92 Å². The summed E-state index contributed by atoms with van der Waals surface area (Å²) in [5.74, 6) is -4.58. The van der Waals surface area contributed by atoms with Gasteiger partial charge in [0.25, 0.3) is 5.70 Å². The van der Waals surface area contributed by atoms with Crippen molar-refractivity contribution < 1.29 is 24.5 Å². The van der Waals surface area contributed by atoms with Gasteiger partial charge in [-0.25, -0.2) is 4.79 Å². The summed E-state index contributed by atoms with van der Waals surface area (Å²) in [6.45, 7) is 1.07. The standard InChI is InChI=1S/C9H9N3O7/c1-4-6(11(16)17)2-5(7(13)14)3-9(4,8(10)15)12(18)19/h2-4H,1H3,(H2,10,15)(H,13,14). The Hall–Kier alpha value is -2.78. The highest BCUT2D eigenvalue weighted by atomic mass is 16.6. The van der Waals surface area contributed by atoms with Gasteiger partial charge in [0.05, 0.1) is 10.5 Å². The number of nitrogens with zero attached hydrogens (tertiary/aromatic N) is 2. The number of hydrogen-bond acceptors (Lipinski definition) is 6. The van der Waals surface area contributed by atoms with E-state index >= 15 is 0 Å². The van der Waals surface area contributed by atoms with Gasteiger partial charge in [-0.05, 0) is 6.92 Å². The van der Waals surface area contributed by atoms with E-state index in [4.69, 9.17) is 10.8 Å². The molecule has 0 aliphatic heterocycles. The highest BCUT2D eigenvalue weighted by Crippen LogP contribution is 2.35. The third kappa shape index (κ3) is 2.03. The summed E-state index contributed by atoms with van der Waals surface area (Å²) < 4.78 is 0. The molecule has 1 amide bonds. The van der Waals surface area contributed by atoms with Crippen molar-refractivity contribution in [2.45, 2.75) is 12.5 Å². The van der Waals surface area contributed by atoms with Gasteiger partial charge in [0.2, 0.25) is 0 Å². The molecule has 10 heteroatoms. The Morgan fingerprint density at radius 2 is 1.95 bits per heavy atom. The molecule has 2 unspecified atom stereocenters. The van der Waals surface area contributed by atoms with Crippen molar-refractivity contribution in [3.63, 3.8) is 0 Å². The van der Waals surface area contributed by atoms with Gasteiger partial charge < -0.3 is 10.8 Å². The van der Waals surface area contributed by atoms with Crippen molar-refractivity contribution in [2.24, 2.45) is 11.7 Å². The highest BCUT2D eigenvalue weighted by Gasteiger charge is 2.59. The average molecular weight is 271 g/mol. The molecule has 3 N–H and O–H groups in total. The second kappa shape index (κ2) is 4.48. The minimum absolute atomic E-state index is 0.537. The first-order chi connectivity index (χ1) is 8.64. The average Bonchev–Trinajstić information content (AvgIpc) is 2.27. The number of hydrogen-bond donors (Lipinski definition) is 2. The van der Waals surface area contributed by atoms with Crippen molar-refractivity contribution in [3.8, 4) is 0 Å². The van der Waals surface area contributed by atoms with E-state index in [1.165, 1.54) is 0 Å². The number of nitro groups is 2. The summed E-state index contributed by atoms with van der Waals surface area (Å²) in [5, 5.41) is 30.7. The van der Waals surface area contributed by atoms with Gasteiger partial charge in [-0.15, -0.1) is 0 Å². The number of primary amides is 1. The monoisotopic (exact) mass is 271 g/mol. The highest BCUT2D eigenvalue weighted by molar-refractivity contribution is 5.95. The quantitative estimate of drug-likeness (QED) is 0.503. The summed E-state index contributed by atoms with van der Waals surface area (Å²) in [6.07, 6.45) is 1.22. The van der Waals surface area contributed by atoms with Crippen molar-refractivity contribution in [2.75, 3.05) is 0 Å². The second-order valence-electron chi connectivity index (χ2n) is 3.90. The SMILES string of the molecule is CC1C([N+](=O)[O-])=CC(C(=O)O)=CC1(C(N)=O)[N+](=O)[O-]. The molecular formula is C9H9N3O7. The zero-order valence-corrected chi connectivity index (χ0v) is 9.60. The lowest BCUT2D eigenvalue weighted by molar-refractivity contribution is -0.555. The predicted octanol–water partition coefficient (Wildman–Crippen LogP) is -0.691. The third-order valence-corrected chi connectivity index (χ3v) is 2.94. The molecule has 0 saturated carbocycles. The van der Waals surface area contributed by atoms with Crippen LogP contribution in [0.4, 0.5) is 0 Å². The van der Waals surface area contributed by atoms with Gasteiger partial charge in [0, 0.05) is 17.1 Å². The van der Waals surface area contributed by atoms with Crippen LogP contribution in [0.2, 0.25) is 0 Å². The van der Waals surface area contributed by atoms with Gasteiger partial charge in [0.15, 0.2) is 0 Å². The lowest BCUT2D eigenvalue weighted by Crippen LogP contribution is -2.56. The van der Waals surface area contributed by atoms with Crippen LogP contribution in [0.25, 0.3) is 0 Å². The largest absolute Gasteiger partial charge is 0.478 e. The number of carbonyl (C=O) groups excluding carboxylic acids is 1. The molecule has 0 bridgehead atoms. The molecule has 0 radical (unpaired) electrons. The fourth-order valence-corrected chi connectivity index (χ4v) is 1.83. The van der Waals surface area contributed by atoms with Crippen molar-refractivity contribution in [3.05, 3.63) is 43.7 Å². The molecule has 19 heavy (non-hydrogen) atoms. The van der Waals surface area contributed by atoms with E-state index in [1.807, 2.05) is 0 Å². The maximum absolute atomic E-state index is 11.4. The van der Waals surface area contributed by atoms with Crippen LogP contribution < -0.4 is 5.73 Å². The minimum atomic E-state index is -2.65. The van der Waals surface area contributed by atoms with E-state index in [0.29, 0.717) is 12.2 Å². The van der Waals surface area contributed by atoms with Crippen LogP contribution in [0.5, 0.6) is 0 Å². The van der Waals surface area contributed by atoms with Crippen LogP contribution in [-0.4, -0.2) is 32.4 Å². The fraction of sp³-hybridized carbons (Fsp3) is 0.333. The number of carbonyl (C=O) groups is 2. The first kappa shape index (κ1) is 14.3. The number of amides is 1. The molecule has 10 nitrogen and oxygen atoms in total. The summed E-state index contributed by atoms with van der Waals surface area (Å²) in [6, 6.07) is 0. The van der Waals surface area contributed by atoms with E-state index in [9.17, 15) is 29.8 Å². The lowest BCUT2D eigenvalue weighted by atomic mass is 9.77. The Morgan fingerprint density at radius 3 is 2.26 bits per heavy atom. The zero-order valence-electron chi connectivity index (χ0n) is 9.60. The molecule has 0 aromatic heterocycles. The molecule has 1 aliphatic rings. The molecule has 0 heterocycles. The fourth-order valence-electron chi connectivity index (χ4n) is 1.83. The Balaban J connectivity index is 3.62. The first-order valence-corrected chi connectivity index (χ1v) is 4.91. The van der Waals surface area contributed by atoms with Crippen molar-refractivity contribution in [1.82, 2.24) is 0 Å². The van der Waals surface area contributed by atoms with E-state index in [2.05, 4.69) is 0 Å². The number of carboxylic acid groups (broad SMARTS) is 1. The summed E-state index contributed by atoms with van der Waals surface area (Å²) in [4.78, 5) is 42.0. The Kier molecular flexibility index (Phi) is 3.36. The Labute approximate surface area is 105 Å². The summed E-state index contributed by atoms with van der Waals surface area (Å²) in [5.41, 5.74) is 0.826. The number of nitrogens with two attached hydrogens (primary N) is 1. The van der Waals surface area contributed by atoms with Gasteiger partial charge in [0.1, 0.15) is 5.92 Å². The smallest absolute Gasteiger partial charge is 0.335 e. The van der Waals surface area contributed by atoms with Gasteiger partial charge in [-0.2, -0.15) is 0 Å². The summed E-state index contributed by atoms with van der Waals surface area (Å²) >= 11 is 0. The number of carboxylic acids is 1. The van der Waals surface area contributed by atoms with Crippen LogP contribution in [0.3, 0.4) is 0 Å². The van der Waals surface area contributed by atoms with E-state index < -0.39 is 44.5 Å². The Bertz CT molecular complexity index is 534. The maximum atomic E-state index is 11.4. The number of aliphatic carboxylic acids is 1. The molecule has 1 aliphatic carbocycles. The topological polar surface area (TPSA) is 167 Å². The molecule has 1 rings (SSSR count). The molecule has 0 spiro atoms. The van der Waals surface area contributed by atoms with Crippen LogP contribution >= 0.6 is 0 Å².